The van der Waals surface area contributed by atoms with Crippen molar-refractivity contribution < 1.29 is 9.84 Å². The van der Waals surface area contributed by atoms with E-state index in [1.807, 2.05) is 0 Å². The van der Waals surface area contributed by atoms with E-state index < -0.39 is 5.60 Å². The van der Waals surface area contributed by atoms with Gasteiger partial charge in [-0.05, 0) is 57.8 Å². The van der Waals surface area contributed by atoms with Crippen LogP contribution in [0.5, 0.6) is 0 Å². The summed E-state index contributed by atoms with van der Waals surface area (Å²) in [7, 11) is 0. The molecule has 2 aliphatic rings. The molecule has 112 valence electrons. The molecule has 2 unspecified atom stereocenters. The minimum atomic E-state index is -0.465. The Morgan fingerprint density at radius 3 is 2.58 bits per heavy atom. The molecule has 0 spiro atoms. The molecule has 2 rings (SSSR count). The average Bonchev–Trinajstić information content (AvgIpc) is 2.41. The summed E-state index contributed by atoms with van der Waals surface area (Å²) in [5.74, 6) is 0.784. The van der Waals surface area contributed by atoms with Crippen molar-refractivity contribution in [1.29, 1.82) is 0 Å². The molecule has 1 aliphatic heterocycles. The highest BCUT2D eigenvalue weighted by Gasteiger charge is 2.35. The van der Waals surface area contributed by atoms with Gasteiger partial charge in [0, 0.05) is 19.2 Å². The molecule has 1 heterocycles. The molecule has 0 amide bonds. The monoisotopic (exact) mass is 269 g/mol. The van der Waals surface area contributed by atoms with E-state index in [1.165, 1.54) is 12.8 Å². The maximum absolute atomic E-state index is 10.6. The molecule has 2 N–H and O–H groups in total. The molecule has 1 aliphatic carbocycles. The molecule has 1 saturated heterocycles. The zero-order valence-electron chi connectivity index (χ0n) is 12.9. The Hall–Kier alpha value is -0.120. The molecule has 0 aromatic heterocycles. The molecule has 2 fully saturated rings. The first-order valence-electron chi connectivity index (χ1n) is 8.04. The van der Waals surface area contributed by atoms with Crippen LogP contribution in [0.25, 0.3) is 0 Å². The Morgan fingerprint density at radius 1 is 1.26 bits per heavy atom. The predicted molar refractivity (Wildman–Crippen MR) is 78.3 cm³/mol. The third kappa shape index (κ3) is 4.17. The normalized spacial score (nSPS) is 44.2. The molecule has 19 heavy (non-hydrogen) atoms. The highest BCUT2D eigenvalue weighted by molar-refractivity contribution is 4.90. The molecule has 3 heteroatoms. The molecular formula is C16H31NO2. The summed E-state index contributed by atoms with van der Waals surface area (Å²) in [5, 5.41) is 14.2. The van der Waals surface area contributed by atoms with Crippen molar-refractivity contribution in [3.8, 4) is 0 Å². The Morgan fingerprint density at radius 2 is 1.95 bits per heavy atom. The van der Waals surface area contributed by atoms with Crippen LogP contribution in [0.4, 0.5) is 0 Å². The zero-order valence-corrected chi connectivity index (χ0v) is 12.9. The average molecular weight is 269 g/mol. The zero-order chi connectivity index (χ0) is 13.9. The summed E-state index contributed by atoms with van der Waals surface area (Å²) in [6, 6.07) is 0.502. The fourth-order valence-corrected chi connectivity index (χ4v) is 3.36. The number of ether oxygens (including phenoxy) is 1. The van der Waals surface area contributed by atoms with Gasteiger partial charge >= 0.3 is 0 Å². The molecule has 3 nitrogen and oxygen atoms in total. The fourth-order valence-electron chi connectivity index (χ4n) is 3.36. The fraction of sp³-hybridized carbons (Fsp3) is 1.00. The van der Waals surface area contributed by atoms with E-state index in [1.54, 1.807) is 0 Å². The van der Waals surface area contributed by atoms with Gasteiger partial charge in [-0.15, -0.1) is 0 Å². The first-order valence-corrected chi connectivity index (χ1v) is 8.04. The predicted octanol–water partition coefficient (Wildman–Crippen LogP) is 2.86. The van der Waals surface area contributed by atoms with Gasteiger partial charge in [0.2, 0.25) is 0 Å². The topological polar surface area (TPSA) is 41.5 Å². The van der Waals surface area contributed by atoms with Gasteiger partial charge in [0.05, 0.1) is 11.2 Å². The first kappa shape index (κ1) is 15.3. The lowest BCUT2D eigenvalue weighted by atomic mass is 9.79. The second-order valence-electron chi connectivity index (χ2n) is 7.13. The Kier molecular flexibility index (Phi) is 4.91. The minimum absolute atomic E-state index is 0.0274. The van der Waals surface area contributed by atoms with Gasteiger partial charge < -0.3 is 15.2 Å². The number of hydrogen-bond acceptors (Lipinski definition) is 3. The van der Waals surface area contributed by atoms with E-state index in [0.717, 1.165) is 51.2 Å². The summed E-state index contributed by atoms with van der Waals surface area (Å²) < 4.78 is 5.87. The Balaban J connectivity index is 1.78. The van der Waals surface area contributed by atoms with E-state index in [0.29, 0.717) is 6.04 Å². The van der Waals surface area contributed by atoms with Gasteiger partial charge in [-0.1, -0.05) is 13.8 Å². The van der Waals surface area contributed by atoms with Crippen molar-refractivity contribution in [3.63, 3.8) is 0 Å². The number of hydrogen-bond donors (Lipinski definition) is 2. The van der Waals surface area contributed by atoms with Crippen molar-refractivity contribution in [2.45, 2.75) is 83.0 Å². The van der Waals surface area contributed by atoms with E-state index in [4.69, 9.17) is 4.74 Å². The van der Waals surface area contributed by atoms with Crippen LogP contribution in [0.2, 0.25) is 0 Å². The first-order chi connectivity index (χ1) is 8.95. The smallest absolute Gasteiger partial charge is 0.0771 e. The summed E-state index contributed by atoms with van der Waals surface area (Å²) >= 11 is 0. The Labute approximate surface area is 118 Å². The Bertz CT molecular complexity index is 286. The second-order valence-corrected chi connectivity index (χ2v) is 7.13. The lowest BCUT2D eigenvalue weighted by Gasteiger charge is -2.41. The van der Waals surface area contributed by atoms with Gasteiger partial charge in [0.25, 0.3) is 0 Å². The van der Waals surface area contributed by atoms with Crippen molar-refractivity contribution in [2.24, 2.45) is 5.92 Å². The summed E-state index contributed by atoms with van der Waals surface area (Å²) in [6.45, 7) is 8.29. The summed E-state index contributed by atoms with van der Waals surface area (Å²) in [6.07, 6.45) is 7.44. The molecule has 0 aromatic rings. The SMILES string of the molecule is CCC1(C)CC(NCC2(O)CCC(C)CC2)CCO1. The van der Waals surface area contributed by atoms with Gasteiger partial charge in [-0.25, -0.2) is 0 Å². The van der Waals surface area contributed by atoms with Crippen LogP contribution in [0.3, 0.4) is 0 Å². The van der Waals surface area contributed by atoms with Gasteiger partial charge in [0.1, 0.15) is 0 Å². The van der Waals surface area contributed by atoms with Crippen molar-refractivity contribution in [1.82, 2.24) is 5.32 Å². The van der Waals surface area contributed by atoms with Crippen LogP contribution in [-0.4, -0.2) is 35.5 Å². The van der Waals surface area contributed by atoms with E-state index in [-0.39, 0.29) is 5.60 Å². The van der Waals surface area contributed by atoms with Gasteiger partial charge in [-0.3, -0.25) is 0 Å². The lowest BCUT2D eigenvalue weighted by Crippen LogP contribution is -2.51. The van der Waals surface area contributed by atoms with Gasteiger partial charge in [0.15, 0.2) is 0 Å². The van der Waals surface area contributed by atoms with Crippen molar-refractivity contribution in [2.75, 3.05) is 13.2 Å². The second kappa shape index (κ2) is 6.11. The van der Waals surface area contributed by atoms with Crippen molar-refractivity contribution >= 4 is 0 Å². The van der Waals surface area contributed by atoms with E-state index >= 15 is 0 Å². The van der Waals surface area contributed by atoms with Crippen LogP contribution < -0.4 is 5.32 Å². The quantitative estimate of drug-likeness (QED) is 0.824. The number of rotatable bonds is 4. The van der Waals surface area contributed by atoms with Crippen LogP contribution in [-0.2, 0) is 4.74 Å². The molecule has 0 aromatic carbocycles. The van der Waals surface area contributed by atoms with E-state index in [2.05, 4.69) is 26.1 Å². The van der Waals surface area contributed by atoms with Crippen LogP contribution in [0, 0.1) is 5.92 Å². The third-order valence-electron chi connectivity index (χ3n) is 5.27. The summed E-state index contributed by atoms with van der Waals surface area (Å²) in [5.41, 5.74) is -0.437. The highest BCUT2D eigenvalue weighted by atomic mass is 16.5. The summed E-state index contributed by atoms with van der Waals surface area (Å²) in [4.78, 5) is 0. The number of aliphatic hydroxyl groups is 1. The molecular weight excluding hydrogens is 238 g/mol. The molecule has 0 bridgehead atoms. The highest BCUT2D eigenvalue weighted by Crippen LogP contribution is 2.32. The minimum Gasteiger partial charge on any atom is -0.389 e. The van der Waals surface area contributed by atoms with Crippen LogP contribution in [0.1, 0.15) is 65.7 Å². The van der Waals surface area contributed by atoms with E-state index in [9.17, 15) is 5.11 Å². The maximum atomic E-state index is 10.6. The third-order valence-corrected chi connectivity index (χ3v) is 5.27. The standard InChI is InChI=1S/C16H31NO2/c1-4-15(3)11-14(7-10-19-15)17-12-16(18)8-5-13(2)6-9-16/h13-14,17-18H,4-12H2,1-3H3. The lowest BCUT2D eigenvalue weighted by molar-refractivity contribution is -0.0823. The molecule has 2 atom stereocenters. The number of nitrogens with one attached hydrogen (secondary N) is 1. The van der Waals surface area contributed by atoms with Gasteiger partial charge in [-0.2, -0.15) is 0 Å². The van der Waals surface area contributed by atoms with Crippen LogP contribution in [0.15, 0.2) is 0 Å². The molecule has 0 radical (unpaired) electrons. The largest absolute Gasteiger partial charge is 0.389 e. The molecule has 1 saturated carbocycles. The maximum Gasteiger partial charge on any atom is 0.0771 e. The van der Waals surface area contributed by atoms with Crippen LogP contribution >= 0.6 is 0 Å². The van der Waals surface area contributed by atoms with Crippen molar-refractivity contribution in [3.05, 3.63) is 0 Å².